The molecule has 1 aromatic carbocycles. The minimum absolute atomic E-state index is 0.123. The zero-order chi connectivity index (χ0) is 18.8. The number of nitrogens with one attached hydrogen (secondary N) is 1. The lowest BCUT2D eigenvalue weighted by Gasteiger charge is -2.33. The van der Waals surface area contributed by atoms with Crippen LogP contribution in [0.4, 0.5) is 0 Å². The lowest BCUT2D eigenvalue weighted by molar-refractivity contribution is -0.917. The quantitative estimate of drug-likeness (QED) is 0.761. The third-order valence-corrected chi connectivity index (χ3v) is 6.50. The third-order valence-electron chi connectivity index (χ3n) is 5.46. The number of piperazine rings is 1. The molecule has 27 heavy (non-hydrogen) atoms. The van der Waals surface area contributed by atoms with Crippen molar-refractivity contribution in [1.82, 2.24) is 19.7 Å². The van der Waals surface area contributed by atoms with Gasteiger partial charge in [-0.1, -0.05) is 42.1 Å². The maximum absolute atomic E-state index is 12.9. The first kappa shape index (κ1) is 18.5. The van der Waals surface area contributed by atoms with Gasteiger partial charge in [-0.3, -0.25) is 4.79 Å². The molecule has 2 aromatic rings. The van der Waals surface area contributed by atoms with E-state index in [1.165, 1.54) is 18.4 Å². The van der Waals surface area contributed by atoms with E-state index in [2.05, 4.69) is 45.1 Å². The molecule has 2 heterocycles. The summed E-state index contributed by atoms with van der Waals surface area (Å²) in [5.74, 6) is 1.18. The smallest absolute Gasteiger partial charge is 0.236 e. The summed E-state index contributed by atoms with van der Waals surface area (Å²) in [7, 11) is 0. The zero-order valence-electron chi connectivity index (χ0n) is 16.1. The van der Waals surface area contributed by atoms with Crippen LogP contribution < -0.4 is 4.90 Å². The van der Waals surface area contributed by atoms with Crippen molar-refractivity contribution in [2.24, 2.45) is 0 Å². The van der Waals surface area contributed by atoms with E-state index in [1.54, 1.807) is 16.7 Å². The van der Waals surface area contributed by atoms with Gasteiger partial charge >= 0.3 is 0 Å². The normalized spacial score (nSPS) is 19.3. The van der Waals surface area contributed by atoms with Gasteiger partial charge in [0.2, 0.25) is 5.91 Å². The van der Waals surface area contributed by atoms with E-state index in [0.717, 1.165) is 43.7 Å². The minimum Gasteiger partial charge on any atom is -0.330 e. The number of rotatable bonds is 6. The fourth-order valence-electron chi connectivity index (χ4n) is 3.75. The number of benzene rings is 1. The first-order chi connectivity index (χ1) is 13.1. The van der Waals surface area contributed by atoms with Crippen LogP contribution >= 0.6 is 11.8 Å². The third kappa shape index (κ3) is 4.35. The predicted octanol–water partition coefficient (Wildman–Crippen LogP) is 1.33. The summed E-state index contributed by atoms with van der Waals surface area (Å²) in [5, 5.41) is 9.29. The molecule has 2 fully saturated rings. The molecule has 0 bridgehead atoms. The summed E-state index contributed by atoms with van der Waals surface area (Å²) < 4.78 is 2.20. The molecular weight excluding hydrogens is 358 g/mol. The van der Waals surface area contributed by atoms with Gasteiger partial charge in [-0.15, -0.1) is 10.2 Å². The van der Waals surface area contributed by atoms with Gasteiger partial charge in [0.15, 0.2) is 5.16 Å². The second kappa shape index (κ2) is 8.02. The molecule has 1 atom stereocenters. The molecule has 0 unspecified atom stereocenters. The van der Waals surface area contributed by atoms with E-state index >= 15 is 0 Å². The molecule has 1 N–H and O–H groups in total. The van der Waals surface area contributed by atoms with Crippen LogP contribution in [0, 0.1) is 6.92 Å². The topological polar surface area (TPSA) is 55.5 Å². The van der Waals surface area contributed by atoms with Gasteiger partial charge in [-0.25, -0.2) is 0 Å². The lowest BCUT2D eigenvalue weighted by Crippen LogP contribution is -3.13. The Morgan fingerprint density at radius 3 is 2.59 bits per heavy atom. The number of carbonyl (C=O) groups is 1. The highest BCUT2D eigenvalue weighted by Gasteiger charge is 2.32. The number of amides is 1. The molecule has 1 saturated carbocycles. The van der Waals surface area contributed by atoms with Crippen LogP contribution in [-0.2, 0) is 11.3 Å². The van der Waals surface area contributed by atoms with Crippen LogP contribution in [0.2, 0.25) is 0 Å². The summed E-state index contributed by atoms with van der Waals surface area (Å²) in [4.78, 5) is 16.5. The van der Waals surface area contributed by atoms with Gasteiger partial charge < -0.3 is 14.4 Å². The van der Waals surface area contributed by atoms with E-state index in [4.69, 9.17) is 0 Å². The van der Waals surface area contributed by atoms with E-state index < -0.39 is 0 Å². The van der Waals surface area contributed by atoms with Gasteiger partial charge in [-0.05, 0) is 26.7 Å². The largest absolute Gasteiger partial charge is 0.330 e. The molecule has 144 valence electrons. The van der Waals surface area contributed by atoms with Crippen molar-refractivity contribution in [1.29, 1.82) is 0 Å². The zero-order valence-corrected chi connectivity index (χ0v) is 16.9. The van der Waals surface area contributed by atoms with Crippen LogP contribution in [0.15, 0.2) is 35.5 Å². The summed E-state index contributed by atoms with van der Waals surface area (Å²) in [6.45, 7) is 8.72. The van der Waals surface area contributed by atoms with Crippen molar-refractivity contribution < 1.29 is 9.69 Å². The molecule has 0 radical (unpaired) electrons. The standard InChI is InChI=1S/C20H27N5OS/c1-15(27-20-22-21-16(2)25(20)18-8-9-18)19(26)24-12-10-23(11-13-24)14-17-6-4-3-5-7-17/h3-7,15,18H,8-14H2,1-2H3/p+1/t15-/m0/s1. The first-order valence-electron chi connectivity index (χ1n) is 9.86. The van der Waals surface area contributed by atoms with Crippen LogP contribution in [0.5, 0.6) is 0 Å². The van der Waals surface area contributed by atoms with Crippen molar-refractivity contribution in [2.75, 3.05) is 26.2 Å². The molecule has 0 spiro atoms. The van der Waals surface area contributed by atoms with Gasteiger partial charge in [0, 0.05) is 11.6 Å². The SMILES string of the molecule is Cc1nnc(S[C@@H](C)C(=O)N2CC[NH+](Cc3ccccc3)CC2)n1C1CC1. The predicted molar refractivity (Wildman–Crippen MR) is 106 cm³/mol. The average molecular weight is 387 g/mol. The van der Waals surface area contributed by atoms with Crippen molar-refractivity contribution in [3.8, 4) is 0 Å². The average Bonchev–Trinajstić information content (AvgIpc) is 3.46. The van der Waals surface area contributed by atoms with E-state index in [0.29, 0.717) is 6.04 Å². The Hall–Kier alpha value is -1.86. The van der Waals surface area contributed by atoms with E-state index in [1.807, 2.05) is 18.7 Å². The van der Waals surface area contributed by atoms with E-state index in [9.17, 15) is 4.79 Å². The number of carbonyl (C=O) groups excluding carboxylic acids is 1. The van der Waals surface area contributed by atoms with E-state index in [-0.39, 0.29) is 11.2 Å². The molecule has 6 nitrogen and oxygen atoms in total. The summed E-state index contributed by atoms with van der Waals surface area (Å²) in [6.07, 6.45) is 2.39. The molecule has 4 rings (SSSR count). The Morgan fingerprint density at radius 2 is 1.93 bits per heavy atom. The Kier molecular flexibility index (Phi) is 5.50. The van der Waals surface area contributed by atoms with Crippen LogP contribution in [0.3, 0.4) is 0 Å². The van der Waals surface area contributed by atoms with Crippen molar-refractivity contribution in [3.63, 3.8) is 0 Å². The first-order valence-corrected chi connectivity index (χ1v) is 10.7. The molecule has 7 heteroatoms. The molecule has 1 amide bonds. The second-order valence-corrected chi connectivity index (χ2v) is 8.94. The molecular formula is C20H28N5OS+. The van der Waals surface area contributed by atoms with Gasteiger partial charge in [0.1, 0.15) is 12.4 Å². The second-order valence-electron chi connectivity index (χ2n) is 7.63. The number of aromatic nitrogens is 3. The van der Waals surface area contributed by atoms with Crippen LogP contribution in [0.25, 0.3) is 0 Å². The highest BCUT2D eigenvalue weighted by molar-refractivity contribution is 8.00. The lowest BCUT2D eigenvalue weighted by atomic mass is 10.2. The van der Waals surface area contributed by atoms with Gasteiger partial charge in [-0.2, -0.15) is 0 Å². The monoisotopic (exact) mass is 386 g/mol. The number of aryl methyl sites for hydroxylation is 1. The molecule has 1 aliphatic heterocycles. The molecule has 2 aliphatic rings. The van der Waals surface area contributed by atoms with Gasteiger partial charge in [0.05, 0.1) is 31.4 Å². The summed E-state index contributed by atoms with van der Waals surface area (Å²) in [5.41, 5.74) is 1.37. The molecule has 1 aromatic heterocycles. The summed E-state index contributed by atoms with van der Waals surface area (Å²) >= 11 is 1.56. The number of quaternary nitrogens is 1. The number of hydrogen-bond acceptors (Lipinski definition) is 4. The molecule has 1 saturated heterocycles. The minimum atomic E-state index is -0.123. The Bertz CT molecular complexity index is 781. The number of thioether (sulfide) groups is 1. The van der Waals surface area contributed by atoms with Crippen molar-refractivity contribution in [2.45, 2.75) is 49.7 Å². The number of nitrogens with zero attached hydrogens (tertiary/aromatic N) is 4. The highest BCUT2D eigenvalue weighted by Crippen LogP contribution is 2.39. The Labute approximate surface area is 164 Å². The highest BCUT2D eigenvalue weighted by atomic mass is 32.2. The fraction of sp³-hybridized carbons (Fsp3) is 0.550. The van der Waals surface area contributed by atoms with Crippen LogP contribution in [0.1, 0.15) is 37.2 Å². The van der Waals surface area contributed by atoms with Crippen molar-refractivity contribution >= 4 is 17.7 Å². The summed E-state index contributed by atoms with van der Waals surface area (Å²) in [6, 6.07) is 11.1. The van der Waals surface area contributed by atoms with Crippen molar-refractivity contribution in [3.05, 3.63) is 41.7 Å². The number of hydrogen-bond donors (Lipinski definition) is 1. The van der Waals surface area contributed by atoms with Crippen LogP contribution in [-0.4, -0.2) is 57.0 Å². The Balaban J connectivity index is 1.30. The fourth-order valence-corrected chi connectivity index (χ4v) is 4.80. The van der Waals surface area contributed by atoms with Gasteiger partial charge in [0.25, 0.3) is 0 Å². The Morgan fingerprint density at radius 1 is 1.22 bits per heavy atom. The molecule has 1 aliphatic carbocycles. The maximum atomic E-state index is 12.9. The maximum Gasteiger partial charge on any atom is 0.236 e.